The Morgan fingerprint density at radius 2 is 2.15 bits per heavy atom. The van der Waals surface area contributed by atoms with Crippen LogP contribution in [-0.2, 0) is 11.2 Å². The first-order valence-corrected chi connectivity index (χ1v) is 9.45. The Bertz CT molecular complexity index is 673. The van der Waals surface area contributed by atoms with E-state index in [1.54, 1.807) is 18.4 Å². The van der Waals surface area contributed by atoms with Gasteiger partial charge in [-0.25, -0.2) is 0 Å². The van der Waals surface area contributed by atoms with Crippen molar-refractivity contribution in [3.8, 4) is 11.6 Å². The molecule has 26 heavy (non-hydrogen) atoms. The first kappa shape index (κ1) is 18.6. The summed E-state index contributed by atoms with van der Waals surface area (Å²) in [7, 11) is 0. The molecule has 2 unspecified atom stereocenters. The van der Waals surface area contributed by atoms with Crippen molar-refractivity contribution in [3.05, 3.63) is 24.3 Å². The maximum atomic E-state index is 12.0. The summed E-state index contributed by atoms with van der Waals surface area (Å²) >= 11 is 0. The van der Waals surface area contributed by atoms with Gasteiger partial charge in [0.05, 0.1) is 6.26 Å². The number of aromatic nitrogens is 2. The number of carbonyl (C=O) groups is 1. The quantitative estimate of drug-likeness (QED) is 0.729. The van der Waals surface area contributed by atoms with Crippen molar-refractivity contribution in [3.63, 3.8) is 0 Å². The summed E-state index contributed by atoms with van der Waals surface area (Å²) in [5.74, 6) is 2.98. The molecule has 0 saturated carbocycles. The van der Waals surface area contributed by atoms with Gasteiger partial charge in [0.25, 0.3) is 0 Å². The van der Waals surface area contributed by atoms with Crippen LogP contribution >= 0.6 is 0 Å². The Kier molecular flexibility index (Phi) is 6.44. The maximum absolute atomic E-state index is 12.0. The minimum atomic E-state index is 0.0168. The summed E-state index contributed by atoms with van der Waals surface area (Å²) in [5.41, 5.74) is 0. The highest BCUT2D eigenvalue weighted by atomic mass is 16.5. The molecule has 2 atom stereocenters. The molecule has 1 saturated heterocycles. The van der Waals surface area contributed by atoms with Gasteiger partial charge in [0.1, 0.15) is 0 Å². The lowest BCUT2D eigenvalue weighted by atomic mass is 9.92. The number of nitrogens with zero attached hydrogens (tertiary/aromatic N) is 3. The van der Waals surface area contributed by atoms with E-state index in [4.69, 9.17) is 8.94 Å². The number of likely N-dealkylation sites (tertiary alicyclic amines) is 1. The molecule has 1 aliphatic rings. The SMILES string of the molecule is CC1CC(C)CN(CCCNC(=O)CCc2nc(-c3ccco3)no2)C1. The van der Waals surface area contributed by atoms with E-state index in [-0.39, 0.29) is 5.91 Å². The van der Waals surface area contributed by atoms with Crippen LogP contribution in [0.3, 0.4) is 0 Å². The summed E-state index contributed by atoms with van der Waals surface area (Å²) in [6.45, 7) is 8.74. The number of nitrogens with one attached hydrogen (secondary N) is 1. The number of furan rings is 1. The Balaban J connectivity index is 1.31. The van der Waals surface area contributed by atoms with Crippen molar-refractivity contribution >= 4 is 5.91 Å². The Labute approximate surface area is 154 Å². The van der Waals surface area contributed by atoms with Crippen LogP contribution in [0.1, 0.15) is 39.0 Å². The molecule has 2 aromatic rings. The van der Waals surface area contributed by atoms with Gasteiger partial charge in [0, 0.05) is 32.5 Å². The zero-order valence-electron chi connectivity index (χ0n) is 15.6. The number of hydrogen-bond donors (Lipinski definition) is 1. The molecule has 0 bridgehead atoms. The predicted octanol–water partition coefficient (Wildman–Crippen LogP) is 2.75. The molecule has 7 heteroatoms. The van der Waals surface area contributed by atoms with Gasteiger partial charge < -0.3 is 19.2 Å². The second kappa shape index (κ2) is 8.98. The van der Waals surface area contributed by atoms with Crippen molar-refractivity contribution in [2.75, 3.05) is 26.2 Å². The molecule has 3 heterocycles. The molecule has 0 aromatic carbocycles. The molecule has 142 valence electrons. The summed E-state index contributed by atoms with van der Waals surface area (Å²) < 4.78 is 10.4. The predicted molar refractivity (Wildman–Crippen MR) is 97.3 cm³/mol. The van der Waals surface area contributed by atoms with E-state index in [9.17, 15) is 4.79 Å². The number of carbonyl (C=O) groups excluding carboxylic acids is 1. The number of rotatable bonds is 8. The summed E-state index contributed by atoms with van der Waals surface area (Å²) in [5, 5.41) is 6.83. The third-order valence-electron chi connectivity index (χ3n) is 4.69. The van der Waals surface area contributed by atoms with Gasteiger partial charge in [-0.3, -0.25) is 4.79 Å². The number of piperidine rings is 1. The Morgan fingerprint density at radius 3 is 2.88 bits per heavy atom. The highest BCUT2D eigenvalue weighted by Gasteiger charge is 2.21. The van der Waals surface area contributed by atoms with Crippen LogP contribution in [0.4, 0.5) is 0 Å². The van der Waals surface area contributed by atoms with Crippen LogP contribution in [0.2, 0.25) is 0 Å². The molecule has 2 aromatic heterocycles. The van der Waals surface area contributed by atoms with Crippen molar-refractivity contribution in [1.29, 1.82) is 0 Å². The molecule has 3 rings (SSSR count). The van der Waals surface area contributed by atoms with Crippen molar-refractivity contribution in [1.82, 2.24) is 20.4 Å². The number of aryl methyl sites for hydroxylation is 1. The van der Waals surface area contributed by atoms with Gasteiger partial charge in [0.15, 0.2) is 5.76 Å². The highest BCUT2D eigenvalue weighted by molar-refractivity contribution is 5.75. The first-order chi connectivity index (χ1) is 12.6. The van der Waals surface area contributed by atoms with Gasteiger partial charge in [-0.1, -0.05) is 19.0 Å². The number of hydrogen-bond acceptors (Lipinski definition) is 6. The Morgan fingerprint density at radius 1 is 1.35 bits per heavy atom. The second-order valence-corrected chi connectivity index (χ2v) is 7.40. The van der Waals surface area contributed by atoms with Crippen LogP contribution < -0.4 is 5.32 Å². The van der Waals surface area contributed by atoms with E-state index in [0.29, 0.717) is 36.9 Å². The molecule has 0 spiro atoms. The highest BCUT2D eigenvalue weighted by Crippen LogP contribution is 2.20. The van der Waals surface area contributed by atoms with Crippen LogP contribution in [0.25, 0.3) is 11.6 Å². The zero-order chi connectivity index (χ0) is 18.4. The van der Waals surface area contributed by atoms with Gasteiger partial charge in [0.2, 0.25) is 17.6 Å². The van der Waals surface area contributed by atoms with Crippen LogP contribution in [-0.4, -0.2) is 47.1 Å². The molecule has 7 nitrogen and oxygen atoms in total. The van der Waals surface area contributed by atoms with Crippen LogP contribution in [0.15, 0.2) is 27.3 Å². The fourth-order valence-electron chi connectivity index (χ4n) is 3.68. The monoisotopic (exact) mass is 360 g/mol. The van der Waals surface area contributed by atoms with Crippen molar-refractivity contribution in [2.45, 2.75) is 39.5 Å². The lowest BCUT2D eigenvalue weighted by molar-refractivity contribution is -0.121. The van der Waals surface area contributed by atoms with E-state index in [1.807, 2.05) is 0 Å². The molecule has 1 aliphatic heterocycles. The van der Waals surface area contributed by atoms with Gasteiger partial charge in [-0.2, -0.15) is 4.98 Å². The molecule has 1 fully saturated rings. The number of amides is 1. The lowest BCUT2D eigenvalue weighted by Crippen LogP contribution is -2.40. The van der Waals surface area contributed by atoms with E-state index in [2.05, 4.69) is 34.2 Å². The molecular weight excluding hydrogens is 332 g/mol. The fraction of sp³-hybridized carbons (Fsp3) is 0.632. The minimum absolute atomic E-state index is 0.0168. The van der Waals surface area contributed by atoms with Gasteiger partial charge in [-0.05, 0) is 43.4 Å². The van der Waals surface area contributed by atoms with E-state index in [1.165, 1.54) is 19.5 Å². The molecule has 0 radical (unpaired) electrons. The summed E-state index contributed by atoms with van der Waals surface area (Å²) in [6.07, 6.45) is 4.64. The van der Waals surface area contributed by atoms with Crippen molar-refractivity contribution < 1.29 is 13.7 Å². The maximum Gasteiger partial charge on any atom is 0.238 e. The largest absolute Gasteiger partial charge is 0.461 e. The molecule has 1 amide bonds. The standard InChI is InChI=1S/C19H28N4O3/c1-14-11-15(2)13-23(12-14)9-4-8-20-17(24)6-7-18-21-19(22-26-18)16-5-3-10-25-16/h3,5,10,14-15H,4,6-9,11-13H2,1-2H3,(H,20,24). The van der Waals surface area contributed by atoms with E-state index in [0.717, 1.165) is 24.8 Å². The van der Waals surface area contributed by atoms with E-state index >= 15 is 0 Å². The summed E-state index contributed by atoms with van der Waals surface area (Å²) in [4.78, 5) is 18.7. The minimum Gasteiger partial charge on any atom is -0.461 e. The third kappa shape index (κ3) is 5.42. The van der Waals surface area contributed by atoms with Gasteiger partial charge >= 0.3 is 0 Å². The van der Waals surface area contributed by atoms with Gasteiger partial charge in [-0.15, -0.1) is 0 Å². The molecule has 1 N–H and O–H groups in total. The molecule has 0 aliphatic carbocycles. The third-order valence-corrected chi connectivity index (χ3v) is 4.69. The van der Waals surface area contributed by atoms with E-state index < -0.39 is 0 Å². The van der Waals surface area contributed by atoms with Crippen molar-refractivity contribution in [2.24, 2.45) is 11.8 Å². The average molecular weight is 360 g/mol. The van der Waals surface area contributed by atoms with Crippen LogP contribution in [0, 0.1) is 11.8 Å². The first-order valence-electron chi connectivity index (χ1n) is 9.45. The topological polar surface area (TPSA) is 84.4 Å². The zero-order valence-corrected chi connectivity index (χ0v) is 15.6. The lowest BCUT2D eigenvalue weighted by Gasteiger charge is -2.34. The normalized spacial score (nSPS) is 21.0. The molecular formula is C19H28N4O3. The second-order valence-electron chi connectivity index (χ2n) is 7.40. The summed E-state index contributed by atoms with van der Waals surface area (Å²) in [6, 6.07) is 3.54. The fourth-order valence-corrected chi connectivity index (χ4v) is 3.68. The average Bonchev–Trinajstić information content (AvgIpc) is 3.27. The Hall–Kier alpha value is -2.15. The van der Waals surface area contributed by atoms with Crippen LogP contribution in [0.5, 0.6) is 0 Å². The smallest absolute Gasteiger partial charge is 0.238 e.